The summed E-state index contributed by atoms with van der Waals surface area (Å²) in [7, 11) is 0. The highest BCUT2D eigenvalue weighted by Gasteiger charge is 2.30. The Labute approximate surface area is 111 Å². The summed E-state index contributed by atoms with van der Waals surface area (Å²) in [6.07, 6.45) is 2.85. The smallest absolute Gasteiger partial charge is 0.119 e. The molecule has 1 aliphatic rings. The van der Waals surface area contributed by atoms with Gasteiger partial charge >= 0.3 is 0 Å². The summed E-state index contributed by atoms with van der Waals surface area (Å²) in [4.78, 5) is 0. The molecule has 0 aliphatic heterocycles. The normalized spacial score (nSPS) is 23.0. The van der Waals surface area contributed by atoms with Gasteiger partial charge in [-0.1, -0.05) is 13.8 Å². The van der Waals surface area contributed by atoms with Crippen molar-refractivity contribution in [2.75, 3.05) is 5.32 Å². The molecule has 1 aromatic rings. The number of benzene rings is 1. The molecular formula is C16H25NO. The van der Waals surface area contributed by atoms with Crippen LogP contribution in [0.1, 0.15) is 40.5 Å². The summed E-state index contributed by atoms with van der Waals surface area (Å²) in [6, 6.07) is 8.97. The van der Waals surface area contributed by atoms with Crippen molar-refractivity contribution >= 4 is 5.69 Å². The molecule has 1 saturated carbocycles. The van der Waals surface area contributed by atoms with Gasteiger partial charge in [0.15, 0.2) is 0 Å². The van der Waals surface area contributed by atoms with E-state index in [0.717, 1.165) is 17.6 Å². The highest BCUT2D eigenvalue weighted by Crippen LogP contribution is 2.35. The summed E-state index contributed by atoms with van der Waals surface area (Å²) < 4.78 is 5.64. The third-order valence-corrected chi connectivity index (χ3v) is 3.71. The van der Waals surface area contributed by atoms with Crippen LogP contribution in [-0.4, -0.2) is 12.1 Å². The van der Waals surface area contributed by atoms with Gasteiger partial charge in [-0.05, 0) is 62.8 Å². The molecule has 100 valence electrons. The van der Waals surface area contributed by atoms with Crippen LogP contribution in [-0.2, 0) is 0 Å². The van der Waals surface area contributed by atoms with Gasteiger partial charge in [-0.15, -0.1) is 0 Å². The zero-order chi connectivity index (χ0) is 13.1. The molecular weight excluding hydrogens is 222 g/mol. The van der Waals surface area contributed by atoms with Gasteiger partial charge in [-0.2, -0.15) is 0 Å². The molecule has 0 aromatic heterocycles. The number of rotatable bonds is 5. The lowest BCUT2D eigenvalue weighted by Gasteiger charge is -2.39. The summed E-state index contributed by atoms with van der Waals surface area (Å²) in [5.41, 5.74) is 1.21. The number of hydrogen-bond donors (Lipinski definition) is 1. The zero-order valence-corrected chi connectivity index (χ0v) is 11.9. The minimum atomic E-state index is 0.238. The molecule has 0 bridgehead atoms. The first-order valence-electron chi connectivity index (χ1n) is 7.08. The molecule has 1 fully saturated rings. The van der Waals surface area contributed by atoms with E-state index >= 15 is 0 Å². The van der Waals surface area contributed by atoms with E-state index in [0.29, 0.717) is 6.04 Å². The number of hydrogen-bond acceptors (Lipinski definition) is 2. The average Bonchev–Trinajstić information content (AvgIpc) is 2.23. The van der Waals surface area contributed by atoms with Crippen LogP contribution in [0.4, 0.5) is 5.69 Å². The first-order valence-corrected chi connectivity index (χ1v) is 7.08. The predicted molar refractivity (Wildman–Crippen MR) is 77.2 cm³/mol. The number of ether oxygens (including phenoxy) is 1. The molecule has 0 radical (unpaired) electrons. The van der Waals surface area contributed by atoms with Crippen LogP contribution in [0.3, 0.4) is 0 Å². The summed E-state index contributed by atoms with van der Waals surface area (Å²) in [5, 5.41) is 3.59. The Morgan fingerprint density at radius 1 is 1.06 bits per heavy atom. The Bertz CT molecular complexity index is 363. The van der Waals surface area contributed by atoms with Crippen LogP contribution in [0.25, 0.3) is 0 Å². The SMILES string of the molecule is CC(C)Oc1ccc(NC2CC(C(C)C)C2)cc1. The maximum Gasteiger partial charge on any atom is 0.119 e. The lowest BCUT2D eigenvalue weighted by Crippen LogP contribution is -2.37. The minimum Gasteiger partial charge on any atom is -0.491 e. The zero-order valence-electron chi connectivity index (χ0n) is 11.9. The van der Waals surface area contributed by atoms with Crippen molar-refractivity contribution in [2.45, 2.75) is 52.7 Å². The van der Waals surface area contributed by atoms with Crippen LogP contribution in [0, 0.1) is 11.8 Å². The van der Waals surface area contributed by atoms with Crippen molar-refractivity contribution in [3.8, 4) is 5.75 Å². The van der Waals surface area contributed by atoms with Crippen LogP contribution in [0.2, 0.25) is 0 Å². The van der Waals surface area contributed by atoms with Crippen molar-refractivity contribution in [3.05, 3.63) is 24.3 Å². The fraction of sp³-hybridized carbons (Fsp3) is 0.625. The fourth-order valence-corrected chi connectivity index (χ4v) is 2.46. The van der Waals surface area contributed by atoms with E-state index in [-0.39, 0.29) is 6.10 Å². The van der Waals surface area contributed by atoms with Crippen LogP contribution in [0.15, 0.2) is 24.3 Å². The predicted octanol–water partition coefficient (Wildman–Crippen LogP) is 4.32. The van der Waals surface area contributed by atoms with Gasteiger partial charge < -0.3 is 10.1 Å². The van der Waals surface area contributed by atoms with Gasteiger partial charge in [-0.25, -0.2) is 0 Å². The quantitative estimate of drug-likeness (QED) is 0.836. The Balaban J connectivity index is 1.81. The van der Waals surface area contributed by atoms with Gasteiger partial charge in [0.1, 0.15) is 5.75 Å². The third-order valence-electron chi connectivity index (χ3n) is 3.71. The average molecular weight is 247 g/mol. The topological polar surface area (TPSA) is 21.3 Å². The first-order chi connectivity index (χ1) is 8.54. The summed E-state index contributed by atoms with van der Waals surface area (Å²) in [6.45, 7) is 8.73. The van der Waals surface area contributed by atoms with E-state index in [9.17, 15) is 0 Å². The molecule has 2 nitrogen and oxygen atoms in total. The van der Waals surface area contributed by atoms with E-state index in [1.54, 1.807) is 0 Å². The molecule has 0 amide bonds. The third kappa shape index (κ3) is 3.41. The highest BCUT2D eigenvalue weighted by atomic mass is 16.5. The number of anilines is 1. The lowest BCUT2D eigenvalue weighted by molar-refractivity contribution is 0.212. The van der Waals surface area contributed by atoms with Crippen LogP contribution < -0.4 is 10.1 Å². The lowest BCUT2D eigenvalue weighted by atomic mass is 9.73. The molecule has 1 aliphatic carbocycles. The second kappa shape index (κ2) is 5.64. The number of nitrogens with one attached hydrogen (secondary N) is 1. The monoisotopic (exact) mass is 247 g/mol. The maximum atomic E-state index is 5.64. The van der Waals surface area contributed by atoms with Gasteiger partial charge in [0.05, 0.1) is 6.10 Å². The van der Waals surface area contributed by atoms with E-state index in [2.05, 4.69) is 31.3 Å². The van der Waals surface area contributed by atoms with Crippen molar-refractivity contribution in [1.29, 1.82) is 0 Å². The molecule has 1 N–H and O–H groups in total. The van der Waals surface area contributed by atoms with E-state index in [1.807, 2.05) is 26.0 Å². The first kappa shape index (κ1) is 13.3. The van der Waals surface area contributed by atoms with Gasteiger partial charge in [-0.3, -0.25) is 0 Å². The fourth-order valence-electron chi connectivity index (χ4n) is 2.46. The molecule has 2 rings (SSSR count). The van der Waals surface area contributed by atoms with Crippen molar-refractivity contribution in [1.82, 2.24) is 0 Å². The largest absolute Gasteiger partial charge is 0.491 e. The van der Waals surface area contributed by atoms with E-state index in [1.165, 1.54) is 18.5 Å². The Kier molecular flexibility index (Phi) is 4.15. The molecule has 2 heteroatoms. The molecule has 1 aromatic carbocycles. The van der Waals surface area contributed by atoms with Crippen LogP contribution in [0.5, 0.6) is 5.75 Å². The Hall–Kier alpha value is -1.18. The standard InChI is InChI=1S/C16H25NO/c1-11(2)13-9-15(10-13)17-14-5-7-16(8-6-14)18-12(3)4/h5-8,11-13,15,17H,9-10H2,1-4H3. The second-order valence-electron chi connectivity index (χ2n) is 6.01. The van der Waals surface area contributed by atoms with E-state index < -0.39 is 0 Å². The molecule has 0 saturated heterocycles. The van der Waals surface area contributed by atoms with Gasteiger partial charge in [0.2, 0.25) is 0 Å². The summed E-state index contributed by atoms with van der Waals surface area (Å²) >= 11 is 0. The minimum absolute atomic E-state index is 0.238. The summed E-state index contributed by atoms with van der Waals surface area (Å²) in [5.74, 6) is 2.68. The Morgan fingerprint density at radius 3 is 2.17 bits per heavy atom. The van der Waals surface area contributed by atoms with Crippen molar-refractivity contribution < 1.29 is 4.74 Å². The van der Waals surface area contributed by atoms with E-state index in [4.69, 9.17) is 4.74 Å². The Morgan fingerprint density at radius 2 is 1.67 bits per heavy atom. The second-order valence-corrected chi connectivity index (χ2v) is 6.01. The molecule has 0 heterocycles. The highest BCUT2D eigenvalue weighted by molar-refractivity contribution is 5.47. The van der Waals surface area contributed by atoms with Gasteiger partial charge in [0.25, 0.3) is 0 Å². The van der Waals surface area contributed by atoms with Crippen LogP contribution >= 0.6 is 0 Å². The maximum absolute atomic E-state index is 5.64. The van der Waals surface area contributed by atoms with Gasteiger partial charge in [0, 0.05) is 11.7 Å². The molecule has 18 heavy (non-hydrogen) atoms. The molecule has 0 unspecified atom stereocenters. The molecule has 0 spiro atoms. The molecule has 0 atom stereocenters. The van der Waals surface area contributed by atoms with Crippen molar-refractivity contribution in [2.24, 2.45) is 11.8 Å². The van der Waals surface area contributed by atoms with Crippen molar-refractivity contribution in [3.63, 3.8) is 0 Å².